The van der Waals surface area contributed by atoms with Crippen LogP contribution in [0, 0.1) is 0 Å². The third kappa shape index (κ3) is 6.69. The molecule has 1 aromatic carbocycles. The Kier molecular flexibility index (Phi) is 9.42. The zero-order valence-corrected chi connectivity index (χ0v) is 19.1. The first-order valence-corrected chi connectivity index (χ1v) is 12.4. The van der Waals surface area contributed by atoms with Crippen molar-refractivity contribution in [2.45, 2.75) is 84.2 Å². The van der Waals surface area contributed by atoms with E-state index in [-0.39, 0.29) is 5.91 Å². The highest BCUT2D eigenvalue weighted by Gasteiger charge is 2.12. The van der Waals surface area contributed by atoms with Crippen LogP contribution in [0.15, 0.2) is 41.8 Å². The van der Waals surface area contributed by atoms with Crippen LogP contribution in [0.2, 0.25) is 0 Å². The number of thiophene rings is 1. The lowest BCUT2D eigenvalue weighted by Crippen LogP contribution is -2.24. The molecule has 0 bridgehead atoms. The molecule has 3 aromatic rings. The van der Waals surface area contributed by atoms with E-state index in [4.69, 9.17) is 4.98 Å². The first-order valence-electron chi connectivity index (χ1n) is 11.6. The summed E-state index contributed by atoms with van der Waals surface area (Å²) in [4.78, 5) is 17.8. The van der Waals surface area contributed by atoms with Crippen LogP contribution in [0.1, 0.15) is 86.6 Å². The fraction of sp³-hybridized carbons (Fsp3) is 0.520. The molecule has 3 rings (SSSR count). The second kappa shape index (κ2) is 12.5. The van der Waals surface area contributed by atoms with Crippen LogP contribution in [-0.4, -0.2) is 15.5 Å². The van der Waals surface area contributed by atoms with Crippen molar-refractivity contribution < 1.29 is 4.79 Å². The number of rotatable bonds is 14. The summed E-state index contributed by atoms with van der Waals surface area (Å²) in [6.45, 7) is 3.69. The first kappa shape index (κ1) is 22.5. The van der Waals surface area contributed by atoms with Gasteiger partial charge in [0.05, 0.1) is 22.5 Å². The molecule has 0 unspecified atom stereocenters. The molecule has 0 aliphatic rings. The van der Waals surface area contributed by atoms with E-state index in [2.05, 4.69) is 35.0 Å². The minimum atomic E-state index is -0.0254. The van der Waals surface area contributed by atoms with E-state index in [1.54, 1.807) is 0 Å². The van der Waals surface area contributed by atoms with E-state index in [0.717, 1.165) is 34.7 Å². The Morgan fingerprint density at radius 2 is 1.63 bits per heavy atom. The maximum atomic E-state index is 12.3. The van der Waals surface area contributed by atoms with Crippen molar-refractivity contribution in [2.75, 3.05) is 0 Å². The van der Waals surface area contributed by atoms with Gasteiger partial charge in [0, 0.05) is 6.54 Å². The van der Waals surface area contributed by atoms with Gasteiger partial charge in [-0.1, -0.05) is 82.9 Å². The number of hydrogen-bond acceptors (Lipinski definition) is 3. The second-order valence-electron chi connectivity index (χ2n) is 8.01. The number of unbranched alkanes of at least 4 members (excludes halogenated alkanes) is 9. The van der Waals surface area contributed by atoms with Gasteiger partial charge in [0.1, 0.15) is 5.82 Å². The SMILES string of the molecule is CCCCCCCCCCCCn1c(CNC(=O)c2cccs2)nc2ccccc21. The number of carbonyl (C=O) groups is 1. The largest absolute Gasteiger partial charge is 0.344 e. The Bertz CT molecular complexity index is 885. The van der Waals surface area contributed by atoms with Crippen LogP contribution in [-0.2, 0) is 13.1 Å². The molecule has 30 heavy (non-hydrogen) atoms. The molecular weight excluding hydrogens is 390 g/mol. The third-order valence-corrected chi connectivity index (χ3v) is 6.49. The van der Waals surface area contributed by atoms with Crippen LogP contribution in [0.3, 0.4) is 0 Å². The van der Waals surface area contributed by atoms with E-state index in [9.17, 15) is 4.79 Å². The predicted octanol–water partition coefficient (Wildman–Crippen LogP) is 6.95. The molecule has 2 heterocycles. The van der Waals surface area contributed by atoms with Crippen LogP contribution in [0.25, 0.3) is 11.0 Å². The van der Waals surface area contributed by atoms with Crippen molar-refractivity contribution in [3.8, 4) is 0 Å². The Balaban J connectivity index is 1.47. The number of para-hydroxylation sites is 2. The van der Waals surface area contributed by atoms with Crippen molar-refractivity contribution in [1.29, 1.82) is 0 Å². The van der Waals surface area contributed by atoms with Gasteiger partial charge in [-0.3, -0.25) is 4.79 Å². The minimum Gasteiger partial charge on any atom is -0.344 e. The molecular formula is C25H35N3OS. The van der Waals surface area contributed by atoms with Crippen molar-refractivity contribution >= 4 is 28.3 Å². The normalized spacial score (nSPS) is 11.2. The lowest BCUT2D eigenvalue weighted by Gasteiger charge is -2.10. The molecule has 0 atom stereocenters. The summed E-state index contributed by atoms with van der Waals surface area (Å²) in [5, 5.41) is 4.96. The van der Waals surface area contributed by atoms with E-state index >= 15 is 0 Å². The third-order valence-electron chi connectivity index (χ3n) is 5.62. The van der Waals surface area contributed by atoms with Crippen molar-refractivity contribution in [2.24, 2.45) is 0 Å². The number of aromatic nitrogens is 2. The molecule has 0 saturated heterocycles. The fourth-order valence-corrected chi connectivity index (χ4v) is 4.56. The molecule has 162 valence electrons. The van der Waals surface area contributed by atoms with Gasteiger partial charge < -0.3 is 9.88 Å². The second-order valence-corrected chi connectivity index (χ2v) is 8.96. The van der Waals surface area contributed by atoms with Gasteiger partial charge in [0.15, 0.2) is 0 Å². The Morgan fingerprint density at radius 3 is 2.33 bits per heavy atom. The lowest BCUT2D eigenvalue weighted by atomic mass is 10.1. The van der Waals surface area contributed by atoms with Gasteiger partial charge in [0.2, 0.25) is 0 Å². The highest BCUT2D eigenvalue weighted by atomic mass is 32.1. The molecule has 1 N–H and O–H groups in total. The quantitative estimate of drug-likeness (QED) is 0.284. The van der Waals surface area contributed by atoms with Crippen molar-refractivity contribution in [1.82, 2.24) is 14.9 Å². The summed E-state index contributed by atoms with van der Waals surface area (Å²) >= 11 is 1.46. The molecule has 4 nitrogen and oxygen atoms in total. The molecule has 0 spiro atoms. The van der Waals surface area contributed by atoms with Gasteiger partial charge in [-0.15, -0.1) is 11.3 Å². The van der Waals surface area contributed by atoms with Crippen molar-refractivity contribution in [3.63, 3.8) is 0 Å². The van der Waals surface area contributed by atoms with E-state index < -0.39 is 0 Å². The Hall–Kier alpha value is -2.14. The smallest absolute Gasteiger partial charge is 0.261 e. The number of amides is 1. The number of benzene rings is 1. The van der Waals surface area contributed by atoms with Crippen LogP contribution < -0.4 is 5.32 Å². The molecule has 0 aliphatic heterocycles. The predicted molar refractivity (Wildman–Crippen MR) is 127 cm³/mol. The lowest BCUT2D eigenvalue weighted by molar-refractivity contribution is 0.0953. The van der Waals surface area contributed by atoms with Gasteiger partial charge in [-0.25, -0.2) is 4.98 Å². The van der Waals surface area contributed by atoms with Gasteiger partial charge in [0.25, 0.3) is 5.91 Å². The molecule has 0 saturated carbocycles. The zero-order chi connectivity index (χ0) is 21.0. The molecule has 0 radical (unpaired) electrons. The number of fused-ring (bicyclic) bond motifs is 1. The highest BCUT2D eigenvalue weighted by molar-refractivity contribution is 7.12. The molecule has 0 aliphatic carbocycles. The summed E-state index contributed by atoms with van der Waals surface area (Å²) in [5.74, 6) is 0.916. The summed E-state index contributed by atoms with van der Waals surface area (Å²) in [7, 11) is 0. The van der Waals surface area contributed by atoms with E-state index in [0.29, 0.717) is 6.54 Å². The molecule has 2 aromatic heterocycles. The molecule has 0 fully saturated rings. The summed E-state index contributed by atoms with van der Waals surface area (Å²) in [5.41, 5.74) is 2.17. The van der Waals surface area contributed by atoms with Gasteiger partial charge in [-0.2, -0.15) is 0 Å². The van der Waals surface area contributed by atoms with Gasteiger partial charge in [-0.05, 0) is 30.0 Å². The van der Waals surface area contributed by atoms with Crippen LogP contribution in [0.4, 0.5) is 0 Å². The molecule has 1 amide bonds. The van der Waals surface area contributed by atoms with Crippen LogP contribution in [0.5, 0.6) is 0 Å². The number of aryl methyl sites for hydroxylation is 1. The van der Waals surface area contributed by atoms with Crippen LogP contribution >= 0.6 is 11.3 Å². The molecule has 5 heteroatoms. The fourth-order valence-electron chi connectivity index (χ4n) is 3.92. The highest BCUT2D eigenvalue weighted by Crippen LogP contribution is 2.18. The summed E-state index contributed by atoms with van der Waals surface area (Å²) in [6.07, 6.45) is 13.3. The number of hydrogen-bond donors (Lipinski definition) is 1. The average molecular weight is 426 g/mol. The standard InChI is InChI=1S/C25H35N3OS/c1-2-3-4-5-6-7-8-9-10-13-18-28-22-16-12-11-15-21(22)27-24(28)20-26-25(29)23-17-14-19-30-23/h11-12,14-17,19H,2-10,13,18,20H2,1H3,(H,26,29). The minimum absolute atomic E-state index is 0.0254. The first-order chi connectivity index (χ1) is 14.8. The number of imidazole rings is 1. The summed E-state index contributed by atoms with van der Waals surface area (Å²) in [6, 6.07) is 12.0. The Morgan fingerprint density at radius 1 is 0.933 bits per heavy atom. The maximum absolute atomic E-state index is 12.3. The topological polar surface area (TPSA) is 46.9 Å². The van der Waals surface area contributed by atoms with E-state index in [1.165, 1.54) is 69.1 Å². The number of carbonyl (C=O) groups excluding carboxylic acids is 1. The van der Waals surface area contributed by atoms with Gasteiger partial charge >= 0.3 is 0 Å². The number of nitrogens with one attached hydrogen (secondary N) is 1. The summed E-state index contributed by atoms with van der Waals surface area (Å²) < 4.78 is 2.29. The zero-order valence-electron chi connectivity index (χ0n) is 18.2. The monoisotopic (exact) mass is 425 g/mol. The van der Waals surface area contributed by atoms with E-state index in [1.807, 2.05) is 23.6 Å². The Labute approximate surface area is 184 Å². The maximum Gasteiger partial charge on any atom is 0.261 e. The number of nitrogens with zero attached hydrogens (tertiary/aromatic N) is 2. The average Bonchev–Trinajstić information content (AvgIpc) is 3.42. The van der Waals surface area contributed by atoms with Crippen molar-refractivity contribution in [3.05, 3.63) is 52.5 Å².